The summed E-state index contributed by atoms with van der Waals surface area (Å²) in [4.78, 5) is 2.35. The number of hydrogen-bond acceptors (Lipinski definition) is 1. The zero-order chi connectivity index (χ0) is 11.2. The molecule has 0 aromatic carbocycles. The van der Waals surface area contributed by atoms with E-state index in [2.05, 4.69) is 18.7 Å². The molecule has 0 spiro atoms. The van der Waals surface area contributed by atoms with Gasteiger partial charge in [0, 0.05) is 19.1 Å². The monoisotopic (exact) mass is 203 g/mol. The third kappa shape index (κ3) is 3.95. The van der Waals surface area contributed by atoms with Crippen LogP contribution in [0.3, 0.4) is 0 Å². The molecule has 1 fully saturated rings. The molecule has 0 bridgehead atoms. The maximum absolute atomic E-state index is 13.7. The molecule has 0 aliphatic carbocycles. The van der Waals surface area contributed by atoms with Gasteiger partial charge < -0.3 is 4.90 Å². The second-order valence-electron chi connectivity index (χ2n) is 4.13. The molecule has 0 saturated carbocycles. The number of likely N-dealkylation sites (tertiary alicyclic amines) is 1. The first kappa shape index (κ1) is 13.9. The Morgan fingerprint density at radius 2 is 1.64 bits per heavy atom. The SMILES string of the molecule is CC.CCC1(F)CCN(C(C)C)CC1. The fourth-order valence-electron chi connectivity index (χ4n) is 1.79. The van der Waals surface area contributed by atoms with Gasteiger partial charge in [0.05, 0.1) is 0 Å². The van der Waals surface area contributed by atoms with Gasteiger partial charge in [-0.15, -0.1) is 0 Å². The normalized spacial score (nSPS) is 21.6. The first-order valence-corrected chi connectivity index (χ1v) is 6.00. The number of alkyl halides is 1. The highest BCUT2D eigenvalue weighted by Crippen LogP contribution is 2.30. The van der Waals surface area contributed by atoms with E-state index in [1.807, 2.05) is 20.8 Å². The summed E-state index contributed by atoms with van der Waals surface area (Å²) in [5, 5.41) is 0. The van der Waals surface area contributed by atoms with E-state index in [9.17, 15) is 4.39 Å². The lowest BCUT2D eigenvalue weighted by Gasteiger charge is -2.37. The van der Waals surface area contributed by atoms with Crippen molar-refractivity contribution in [2.45, 2.75) is 65.6 Å². The first-order valence-electron chi connectivity index (χ1n) is 6.00. The van der Waals surface area contributed by atoms with Crippen LogP contribution in [0.5, 0.6) is 0 Å². The predicted molar refractivity (Wildman–Crippen MR) is 61.4 cm³/mol. The number of piperidine rings is 1. The van der Waals surface area contributed by atoms with Gasteiger partial charge in [-0.3, -0.25) is 0 Å². The Labute approximate surface area is 88.7 Å². The Morgan fingerprint density at radius 3 is 1.93 bits per heavy atom. The smallest absolute Gasteiger partial charge is 0.113 e. The Bertz CT molecular complexity index is 137. The van der Waals surface area contributed by atoms with Crippen LogP contribution < -0.4 is 0 Å². The van der Waals surface area contributed by atoms with Crippen LogP contribution in [0, 0.1) is 0 Å². The molecule has 14 heavy (non-hydrogen) atoms. The maximum Gasteiger partial charge on any atom is 0.113 e. The van der Waals surface area contributed by atoms with Gasteiger partial charge in [-0.25, -0.2) is 4.39 Å². The van der Waals surface area contributed by atoms with Crippen molar-refractivity contribution in [2.75, 3.05) is 13.1 Å². The minimum absolute atomic E-state index is 0.575. The second-order valence-corrected chi connectivity index (χ2v) is 4.13. The summed E-state index contributed by atoms with van der Waals surface area (Å²) < 4.78 is 13.7. The molecule has 0 aromatic heterocycles. The van der Waals surface area contributed by atoms with Gasteiger partial charge in [0.1, 0.15) is 5.67 Å². The summed E-state index contributed by atoms with van der Waals surface area (Å²) in [6, 6.07) is 0.575. The quantitative estimate of drug-likeness (QED) is 0.662. The molecule has 1 nitrogen and oxygen atoms in total. The topological polar surface area (TPSA) is 3.24 Å². The van der Waals surface area contributed by atoms with Crippen LogP contribution >= 0.6 is 0 Å². The van der Waals surface area contributed by atoms with Crippen LogP contribution in [-0.4, -0.2) is 29.7 Å². The summed E-state index contributed by atoms with van der Waals surface area (Å²) in [6.45, 7) is 12.2. The molecule has 86 valence electrons. The lowest BCUT2D eigenvalue weighted by molar-refractivity contribution is 0.0423. The van der Waals surface area contributed by atoms with Crippen molar-refractivity contribution < 1.29 is 4.39 Å². The number of rotatable bonds is 2. The van der Waals surface area contributed by atoms with Gasteiger partial charge >= 0.3 is 0 Å². The molecule has 0 N–H and O–H groups in total. The molecule has 0 amide bonds. The van der Waals surface area contributed by atoms with Crippen molar-refractivity contribution in [2.24, 2.45) is 0 Å². The third-order valence-corrected chi connectivity index (χ3v) is 3.06. The van der Waals surface area contributed by atoms with Gasteiger partial charge in [0.25, 0.3) is 0 Å². The third-order valence-electron chi connectivity index (χ3n) is 3.06. The minimum atomic E-state index is -0.856. The van der Waals surface area contributed by atoms with Gasteiger partial charge in [-0.05, 0) is 33.1 Å². The Kier molecular flexibility index (Phi) is 6.34. The lowest BCUT2D eigenvalue weighted by Crippen LogP contribution is -2.44. The average molecular weight is 203 g/mol. The van der Waals surface area contributed by atoms with Crippen molar-refractivity contribution >= 4 is 0 Å². The first-order chi connectivity index (χ1) is 6.57. The molecule has 1 saturated heterocycles. The van der Waals surface area contributed by atoms with Gasteiger partial charge in [0.2, 0.25) is 0 Å². The van der Waals surface area contributed by atoms with Crippen LogP contribution in [0.4, 0.5) is 4.39 Å². The molecule has 1 aliphatic heterocycles. The molecule has 1 heterocycles. The van der Waals surface area contributed by atoms with E-state index >= 15 is 0 Å². The molecule has 0 atom stereocenters. The number of hydrogen-bond donors (Lipinski definition) is 0. The van der Waals surface area contributed by atoms with E-state index in [0.29, 0.717) is 12.5 Å². The van der Waals surface area contributed by atoms with Crippen molar-refractivity contribution in [1.29, 1.82) is 0 Å². The van der Waals surface area contributed by atoms with Crippen molar-refractivity contribution in [3.63, 3.8) is 0 Å². The van der Waals surface area contributed by atoms with Gasteiger partial charge in [0.15, 0.2) is 0 Å². The summed E-state index contributed by atoms with van der Waals surface area (Å²) in [7, 11) is 0. The summed E-state index contributed by atoms with van der Waals surface area (Å²) in [5.41, 5.74) is -0.856. The van der Waals surface area contributed by atoms with E-state index < -0.39 is 5.67 Å². The molecule has 0 aromatic rings. The number of nitrogens with zero attached hydrogens (tertiary/aromatic N) is 1. The summed E-state index contributed by atoms with van der Waals surface area (Å²) >= 11 is 0. The second kappa shape index (κ2) is 6.39. The van der Waals surface area contributed by atoms with E-state index in [4.69, 9.17) is 0 Å². The largest absolute Gasteiger partial charge is 0.301 e. The highest BCUT2D eigenvalue weighted by Gasteiger charge is 2.32. The Morgan fingerprint density at radius 1 is 1.21 bits per heavy atom. The molecule has 2 heteroatoms. The van der Waals surface area contributed by atoms with Crippen LogP contribution in [0.2, 0.25) is 0 Å². The lowest BCUT2D eigenvalue weighted by atomic mass is 9.90. The summed E-state index contributed by atoms with van der Waals surface area (Å²) in [5.74, 6) is 0. The molecular formula is C12H26FN. The highest BCUT2D eigenvalue weighted by atomic mass is 19.1. The van der Waals surface area contributed by atoms with Crippen molar-refractivity contribution in [3.8, 4) is 0 Å². The molecule has 0 unspecified atom stereocenters. The molecule has 1 aliphatic rings. The van der Waals surface area contributed by atoms with Crippen molar-refractivity contribution in [3.05, 3.63) is 0 Å². The minimum Gasteiger partial charge on any atom is -0.301 e. The van der Waals surface area contributed by atoms with E-state index in [0.717, 1.165) is 25.9 Å². The van der Waals surface area contributed by atoms with E-state index in [-0.39, 0.29) is 0 Å². The standard InChI is InChI=1S/C10H20FN.C2H6/c1-4-10(11)5-7-12(8-6-10)9(2)3;1-2/h9H,4-8H2,1-3H3;1-2H3. The van der Waals surface area contributed by atoms with Gasteiger partial charge in [-0.1, -0.05) is 20.8 Å². The zero-order valence-corrected chi connectivity index (χ0v) is 10.4. The van der Waals surface area contributed by atoms with E-state index in [1.165, 1.54) is 0 Å². The molecule has 0 radical (unpaired) electrons. The number of halogens is 1. The Balaban J connectivity index is 0.000000791. The van der Waals surface area contributed by atoms with Crippen LogP contribution in [0.25, 0.3) is 0 Å². The van der Waals surface area contributed by atoms with Crippen LogP contribution in [0.15, 0.2) is 0 Å². The molecular weight excluding hydrogens is 177 g/mol. The fraction of sp³-hybridized carbons (Fsp3) is 1.00. The van der Waals surface area contributed by atoms with Crippen LogP contribution in [-0.2, 0) is 0 Å². The van der Waals surface area contributed by atoms with Crippen molar-refractivity contribution in [1.82, 2.24) is 4.90 Å². The van der Waals surface area contributed by atoms with Crippen LogP contribution in [0.1, 0.15) is 53.9 Å². The molecule has 1 rings (SSSR count). The van der Waals surface area contributed by atoms with E-state index in [1.54, 1.807) is 0 Å². The highest BCUT2D eigenvalue weighted by molar-refractivity contribution is 4.85. The summed E-state index contributed by atoms with van der Waals surface area (Å²) in [6.07, 6.45) is 2.13. The average Bonchev–Trinajstić information content (AvgIpc) is 2.21. The van der Waals surface area contributed by atoms with Gasteiger partial charge in [-0.2, -0.15) is 0 Å². The predicted octanol–water partition coefficient (Wildman–Crippen LogP) is 3.64. The zero-order valence-electron chi connectivity index (χ0n) is 10.4. The fourth-order valence-corrected chi connectivity index (χ4v) is 1.79. The maximum atomic E-state index is 13.7. The Hall–Kier alpha value is -0.110.